The second kappa shape index (κ2) is 14.4. The average molecular weight is 675 g/mol. The fraction of sp³-hybridized carbons (Fsp3) is 0.235. The number of ether oxygens (including phenoxy) is 2. The van der Waals surface area contributed by atoms with Crippen molar-refractivity contribution in [2.24, 2.45) is 0 Å². The lowest BCUT2D eigenvalue weighted by Gasteiger charge is -2.32. The Hall–Kier alpha value is -4.65. The first-order valence-electron chi connectivity index (χ1n) is 14.5. The van der Waals surface area contributed by atoms with E-state index in [0.717, 1.165) is 11.9 Å². The lowest BCUT2D eigenvalue weighted by atomic mass is 9.90. The third-order valence-corrected chi connectivity index (χ3v) is 8.17. The third kappa shape index (κ3) is 9.00. The fourth-order valence-corrected chi connectivity index (χ4v) is 5.61. The predicted molar refractivity (Wildman–Crippen MR) is 163 cm³/mol. The van der Waals surface area contributed by atoms with Crippen LogP contribution in [0.3, 0.4) is 0 Å². The van der Waals surface area contributed by atoms with Gasteiger partial charge >= 0.3 is 18.4 Å². The first-order chi connectivity index (χ1) is 22.4. The van der Waals surface area contributed by atoms with Crippen LogP contribution in [0.4, 0.5) is 31.1 Å². The second-order valence-corrected chi connectivity index (χ2v) is 11.6. The molecule has 246 valence electrons. The molecule has 1 aliphatic rings. The number of likely N-dealkylation sites (tertiary alicyclic amines) is 1. The van der Waals surface area contributed by atoms with Crippen LogP contribution in [0.1, 0.15) is 45.5 Å². The van der Waals surface area contributed by atoms with Gasteiger partial charge in [0.25, 0.3) is 5.91 Å². The number of para-hydroxylation sites is 1. The van der Waals surface area contributed by atoms with E-state index >= 15 is 0 Å². The molecule has 13 heteroatoms. The molecule has 6 nitrogen and oxygen atoms in total. The van der Waals surface area contributed by atoms with E-state index < -0.39 is 59.1 Å². The quantitative estimate of drug-likeness (QED) is 0.149. The summed E-state index contributed by atoms with van der Waals surface area (Å²) in [6, 6.07) is 24.6. The Labute approximate surface area is 270 Å². The summed E-state index contributed by atoms with van der Waals surface area (Å²) in [6.45, 7) is -0.0651. The number of halogens is 6. The van der Waals surface area contributed by atoms with Gasteiger partial charge in [0.05, 0.1) is 11.1 Å². The molecule has 1 fully saturated rings. The normalized spacial score (nSPS) is 14.0. The first kappa shape index (κ1) is 33.7. The lowest BCUT2D eigenvalue weighted by Crippen LogP contribution is -2.42. The van der Waals surface area contributed by atoms with Gasteiger partial charge in [-0.15, -0.1) is 0 Å². The van der Waals surface area contributed by atoms with E-state index in [2.05, 4.69) is 4.72 Å². The van der Waals surface area contributed by atoms with Crippen LogP contribution in [-0.2, 0) is 23.5 Å². The van der Waals surface area contributed by atoms with Crippen LogP contribution in [0.5, 0.6) is 11.5 Å². The molecule has 1 saturated heterocycles. The van der Waals surface area contributed by atoms with Crippen molar-refractivity contribution in [1.82, 2.24) is 9.62 Å². The minimum Gasteiger partial charge on any atom is -0.457 e. The highest BCUT2D eigenvalue weighted by molar-refractivity contribution is 7.98. The highest BCUT2D eigenvalue weighted by Crippen LogP contribution is 2.40. The molecule has 0 aliphatic carbocycles. The van der Waals surface area contributed by atoms with E-state index in [1.807, 2.05) is 30.3 Å². The molecule has 4 aromatic rings. The van der Waals surface area contributed by atoms with Crippen molar-refractivity contribution in [3.63, 3.8) is 0 Å². The summed E-state index contributed by atoms with van der Waals surface area (Å²) in [5, 5.41) is 0. The van der Waals surface area contributed by atoms with Crippen LogP contribution in [0.25, 0.3) is 0 Å². The summed E-state index contributed by atoms with van der Waals surface area (Å²) in [7, 11) is 0. The van der Waals surface area contributed by atoms with Crippen molar-refractivity contribution >= 4 is 23.9 Å². The largest absolute Gasteiger partial charge is 0.457 e. The number of benzene rings is 4. The summed E-state index contributed by atoms with van der Waals surface area (Å²) in [5.74, 6) is 0.331. The molecule has 2 amide bonds. The van der Waals surface area contributed by atoms with Crippen molar-refractivity contribution in [3.05, 3.63) is 125 Å². The van der Waals surface area contributed by atoms with E-state index in [-0.39, 0.29) is 32.0 Å². The summed E-state index contributed by atoms with van der Waals surface area (Å²) in [6.07, 6.45) is -11.7. The van der Waals surface area contributed by atoms with Crippen molar-refractivity contribution in [2.75, 3.05) is 13.1 Å². The molecule has 5 rings (SSSR count). The number of amides is 2. The topological polar surface area (TPSA) is 67.9 Å². The van der Waals surface area contributed by atoms with Gasteiger partial charge in [0.15, 0.2) is 0 Å². The van der Waals surface area contributed by atoms with Gasteiger partial charge in [0.2, 0.25) is 0 Å². The van der Waals surface area contributed by atoms with Crippen molar-refractivity contribution in [2.45, 2.75) is 42.6 Å². The lowest BCUT2D eigenvalue weighted by molar-refractivity contribution is -0.143. The molecule has 0 unspecified atom stereocenters. The van der Waals surface area contributed by atoms with E-state index in [9.17, 15) is 35.9 Å². The maximum atomic E-state index is 14.1. The number of piperidine rings is 1. The van der Waals surface area contributed by atoms with Gasteiger partial charge < -0.3 is 14.4 Å². The van der Waals surface area contributed by atoms with E-state index in [0.29, 0.717) is 28.0 Å². The van der Waals surface area contributed by atoms with Gasteiger partial charge in [-0.25, -0.2) is 4.79 Å². The summed E-state index contributed by atoms with van der Waals surface area (Å²) in [5.41, 5.74) is -3.86. The Morgan fingerprint density at radius 2 is 1.38 bits per heavy atom. The highest BCUT2D eigenvalue weighted by Gasteiger charge is 2.41. The highest BCUT2D eigenvalue weighted by atomic mass is 32.2. The zero-order valence-electron chi connectivity index (χ0n) is 24.6. The Balaban J connectivity index is 1.21. The molecule has 0 spiro atoms. The predicted octanol–water partition coefficient (Wildman–Crippen LogP) is 9.15. The van der Waals surface area contributed by atoms with Crippen LogP contribution in [0, 0.1) is 0 Å². The number of hydrogen-bond acceptors (Lipinski definition) is 5. The monoisotopic (exact) mass is 674 g/mol. The van der Waals surface area contributed by atoms with Gasteiger partial charge in [-0.3, -0.25) is 9.52 Å². The molecular weight excluding hydrogens is 646 g/mol. The molecule has 1 aliphatic heterocycles. The molecule has 0 radical (unpaired) electrons. The number of nitrogens with zero attached hydrogens (tertiary/aromatic N) is 1. The zero-order chi connectivity index (χ0) is 33.6. The molecule has 1 heterocycles. The van der Waals surface area contributed by atoms with Crippen LogP contribution in [-0.4, -0.2) is 36.1 Å². The first-order valence-corrected chi connectivity index (χ1v) is 15.3. The molecule has 47 heavy (non-hydrogen) atoms. The summed E-state index contributed by atoms with van der Waals surface area (Å²) in [4.78, 5) is 27.9. The number of carbonyl (C=O) groups excluding carboxylic acids is 2. The number of rotatable bonds is 8. The molecule has 0 bridgehead atoms. The summed E-state index contributed by atoms with van der Waals surface area (Å²) >= 11 is 1.02. The van der Waals surface area contributed by atoms with Crippen LogP contribution in [0.15, 0.2) is 102 Å². The molecule has 1 N–H and O–H groups in total. The Kier molecular flexibility index (Phi) is 10.3. The van der Waals surface area contributed by atoms with E-state index in [4.69, 9.17) is 9.47 Å². The van der Waals surface area contributed by atoms with Gasteiger partial charge in [0, 0.05) is 36.4 Å². The van der Waals surface area contributed by atoms with Crippen LogP contribution < -0.4 is 9.46 Å². The van der Waals surface area contributed by atoms with E-state index in [1.54, 1.807) is 42.5 Å². The Bertz CT molecular complexity index is 1680. The minimum atomic E-state index is -5.13. The molecule has 0 atom stereocenters. The second-order valence-electron chi connectivity index (χ2n) is 10.7. The Morgan fingerprint density at radius 1 is 0.787 bits per heavy atom. The average Bonchev–Trinajstić information content (AvgIpc) is 3.04. The standard InChI is InChI=1S/C34H28F6N2O4S/c35-33(36,37)23-20-29(28(30(21-23)34(38,39)40)19-22-7-3-1-4-8-22)31(43)42-17-15-26(16-18-42)46-32(44)41-47-27-13-11-25(12-14-27)45-24-9-5-2-6-10-24/h1-14,20-21,26H,15-19H2,(H,41,44). The molecule has 0 aromatic heterocycles. The molecular formula is C34H28F6N2O4S. The minimum absolute atomic E-state index is 0.0326. The van der Waals surface area contributed by atoms with Crippen LogP contribution in [0.2, 0.25) is 0 Å². The number of alkyl halides is 6. The van der Waals surface area contributed by atoms with Crippen molar-refractivity contribution in [1.29, 1.82) is 0 Å². The molecule has 4 aromatic carbocycles. The smallest absolute Gasteiger partial charge is 0.417 e. The van der Waals surface area contributed by atoms with Crippen molar-refractivity contribution < 1.29 is 45.4 Å². The maximum absolute atomic E-state index is 14.1. The van der Waals surface area contributed by atoms with Gasteiger partial charge in [-0.2, -0.15) is 26.3 Å². The summed E-state index contributed by atoms with van der Waals surface area (Å²) < 4.78 is 97.1. The zero-order valence-corrected chi connectivity index (χ0v) is 25.4. The maximum Gasteiger partial charge on any atom is 0.417 e. The number of hydrogen-bond donors (Lipinski definition) is 1. The van der Waals surface area contributed by atoms with E-state index in [1.165, 1.54) is 17.0 Å². The third-order valence-electron chi connectivity index (χ3n) is 7.39. The van der Waals surface area contributed by atoms with Crippen LogP contribution >= 0.6 is 11.9 Å². The van der Waals surface area contributed by atoms with Gasteiger partial charge in [0.1, 0.15) is 17.6 Å². The number of carbonyl (C=O) groups is 2. The SMILES string of the molecule is O=C(NSc1ccc(Oc2ccccc2)cc1)OC1CCN(C(=O)c2cc(C(F)(F)F)cc(C(F)(F)F)c2Cc2ccccc2)CC1. The number of nitrogens with one attached hydrogen (secondary N) is 1. The van der Waals surface area contributed by atoms with Gasteiger partial charge in [-0.05, 0) is 78.0 Å². The van der Waals surface area contributed by atoms with Gasteiger partial charge in [-0.1, -0.05) is 48.5 Å². The Morgan fingerprint density at radius 3 is 1.98 bits per heavy atom. The molecule has 0 saturated carbocycles. The van der Waals surface area contributed by atoms with Crippen molar-refractivity contribution in [3.8, 4) is 11.5 Å². The fourth-order valence-electron chi connectivity index (χ4n) is 5.09.